The summed E-state index contributed by atoms with van der Waals surface area (Å²) in [6.07, 6.45) is 0.869. The number of hydrazone groups is 1. The molecule has 150 valence electrons. The van der Waals surface area contributed by atoms with Crippen molar-refractivity contribution in [3.8, 4) is 5.75 Å². The number of hydrogen-bond acceptors (Lipinski definition) is 5. The molecular weight excluding hydrogens is 396 g/mol. The van der Waals surface area contributed by atoms with Gasteiger partial charge < -0.3 is 10.1 Å². The van der Waals surface area contributed by atoms with Gasteiger partial charge in [0.05, 0.1) is 6.61 Å². The van der Waals surface area contributed by atoms with E-state index in [1.165, 1.54) is 16.8 Å². The van der Waals surface area contributed by atoms with Crippen LogP contribution in [0.15, 0.2) is 47.6 Å². The van der Waals surface area contributed by atoms with Crippen molar-refractivity contribution in [3.05, 3.63) is 65.2 Å². The van der Waals surface area contributed by atoms with Gasteiger partial charge >= 0.3 is 0 Å². The van der Waals surface area contributed by atoms with Gasteiger partial charge in [-0.25, -0.2) is 13.8 Å². The van der Waals surface area contributed by atoms with Crippen LogP contribution in [-0.2, 0) is 9.67 Å². The molecule has 0 saturated carbocycles. The Labute approximate surface area is 171 Å². The van der Waals surface area contributed by atoms with Crippen LogP contribution in [0.2, 0.25) is 0 Å². The number of thioether (sulfide) groups is 1. The number of rotatable bonds is 3. The molecule has 1 fully saturated rings. The van der Waals surface area contributed by atoms with E-state index in [2.05, 4.69) is 10.4 Å². The summed E-state index contributed by atoms with van der Waals surface area (Å²) in [4.78, 5) is 12.4. The molecule has 2 aromatic carbocycles. The third kappa shape index (κ3) is 3.11. The highest BCUT2D eigenvalue weighted by Gasteiger charge is 2.52. The van der Waals surface area contributed by atoms with E-state index in [1.54, 1.807) is 0 Å². The van der Waals surface area contributed by atoms with Crippen LogP contribution in [-0.4, -0.2) is 35.7 Å². The molecular formula is C21H19F2N3O2S. The summed E-state index contributed by atoms with van der Waals surface area (Å²) in [5.41, 5.74) is 0.894. The molecule has 3 aliphatic rings. The highest BCUT2D eigenvalue weighted by atomic mass is 32.2. The largest absolute Gasteiger partial charge is 0.493 e. The van der Waals surface area contributed by atoms with E-state index in [0.717, 1.165) is 36.9 Å². The first-order chi connectivity index (χ1) is 14.1. The van der Waals surface area contributed by atoms with Gasteiger partial charge in [-0.15, -0.1) is 0 Å². The molecule has 5 nitrogen and oxygen atoms in total. The topological polar surface area (TPSA) is 53.9 Å². The highest BCUT2D eigenvalue weighted by Crippen LogP contribution is 2.54. The minimum Gasteiger partial charge on any atom is -0.493 e. The normalized spacial score (nSPS) is 23.4. The summed E-state index contributed by atoms with van der Waals surface area (Å²) in [5.74, 6) is -0.273. The summed E-state index contributed by atoms with van der Waals surface area (Å²) in [7, 11) is 0. The maximum Gasteiger partial charge on any atom is 0.244 e. The van der Waals surface area contributed by atoms with E-state index < -0.39 is 16.5 Å². The molecule has 1 N–H and O–H groups in total. The Bertz CT molecular complexity index is 1010. The molecule has 1 unspecified atom stereocenters. The van der Waals surface area contributed by atoms with E-state index >= 15 is 0 Å². The Morgan fingerprint density at radius 1 is 1.28 bits per heavy atom. The molecule has 5 rings (SSSR count). The predicted octanol–water partition coefficient (Wildman–Crippen LogP) is 3.45. The molecule has 1 amide bonds. The van der Waals surface area contributed by atoms with Gasteiger partial charge in [0.15, 0.2) is 0 Å². The fourth-order valence-electron chi connectivity index (χ4n) is 3.92. The maximum absolute atomic E-state index is 14.5. The number of carbonyl (C=O) groups excluding carboxylic acids is 1. The lowest BCUT2D eigenvalue weighted by molar-refractivity contribution is -0.136. The second-order valence-electron chi connectivity index (χ2n) is 7.44. The number of nitrogens with one attached hydrogen (secondary N) is 1. The van der Waals surface area contributed by atoms with Gasteiger partial charge in [-0.1, -0.05) is 30.0 Å². The second kappa shape index (κ2) is 7.11. The van der Waals surface area contributed by atoms with Crippen molar-refractivity contribution in [3.63, 3.8) is 0 Å². The standard InChI is InChI=1S/C21H19F2N3O2S/c22-14-5-6-17(23)15(10-14)20-25-26(19(27)9-13-11-24-12-13)21(29-20)7-8-28-18-4-2-1-3-16(18)21/h1-6,10,13,24H,7-9,11-12H2. The molecule has 0 radical (unpaired) electrons. The van der Waals surface area contributed by atoms with Gasteiger partial charge in [0.2, 0.25) is 5.91 Å². The number of amides is 1. The molecule has 29 heavy (non-hydrogen) atoms. The van der Waals surface area contributed by atoms with Crippen LogP contribution in [0.3, 0.4) is 0 Å². The molecule has 3 aliphatic heterocycles. The molecule has 0 bridgehead atoms. The Kier molecular flexibility index (Phi) is 4.55. The third-order valence-electron chi connectivity index (χ3n) is 5.53. The van der Waals surface area contributed by atoms with E-state index in [9.17, 15) is 13.6 Å². The van der Waals surface area contributed by atoms with E-state index in [1.807, 2.05) is 24.3 Å². The monoisotopic (exact) mass is 415 g/mol. The lowest BCUT2D eigenvalue weighted by Crippen LogP contribution is -2.48. The Hall–Kier alpha value is -2.45. The molecule has 1 saturated heterocycles. The maximum atomic E-state index is 14.5. The van der Waals surface area contributed by atoms with Gasteiger partial charge in [0.25, 0.3) is 0 Å². The predicted molar refractivity (Wildman–Crippen MR) is 107 cm³/mol. The Morgan fingerprint density at radius 2 is 2.10 bits per heavy atom. The fourth-order valence-corrected chi connectivity index (χ4v) is 5.33. The van der Waals surface area contributed by atoms with Crippen LogP contribution >= 0.6 is 11.8 Å². The Balaban J connectivity index is 1.59. The average molecular weight is 415 g/mol. The van der Waals surface area contributed by atoms with Crippen LogP contribution in [0.25, 0.3) is 0 Å². The van der Waals surface area contributed by atoms with E-state index in [-0.39, 0.29) is 17.4 Å². The van der Waals surface area contributed by atoms with Crippen LogP contribution in [0.1, 0.15) is 24.0 Å². The quantitative estimate of drug-likeness (QED) is 0.835. The van der Waals surface area contributed by atoms with Crippen molar-refractivity contribution >= 4 is 22.7 Å². The number of nitrogens with zero attached hydrogens (tertiary/aromatic N) is 2. The molecule has 1 atom stereocenters. The minimum absolute atomic E-state index is 0.0685. The molecule has 0 aromatic heterocycles. The van der Waals surface area contributed by atoms with Gasteiger partial charge in [0.1, 0.15) is 27.3 Å². The molecule has 8 heteroatoms. The minimum atomic E-state index is -0.822. The van der Waals surface area contributed by atoms with Gasteiger partial charge in [0, 0.05) is 24.0 Å². The first-order valence-electron chi connectivity index (χ1n) is 9.56. The summed E-state index contributed by atoms with van der Waals surface area (Å²) >= 11 is 1.29. The molecule has 1 spiro atoms. The number of para-hydroxylation sites is 1. The first kappa shape index (κ1) is 18.6. The van der Waals surface area contributed by atoms with Crippen LogP contribution in [0, 0.1) is 17.6 Å². The van der Waals surface area contributed by atoms with Gasteiger partial charge in [-0.05, 0) is 43.3 Å². The van der Waals surface area contributed by atoms with Gasteiger partial charge in [-0.3, -0.25) is 4.79 Å². The summed E-state index contributed by atoms with van der Waals surface area (Å²) in [5, 5.41) is 9.48. The summed E-state index contributed by atoms with van der Waals surface area (Å²) < 4.78 is 34.1. The van der Waals surface area contributed by atoms with Crippen molar-refractivity contribution in [1.82, 2.24) is 10.3 Å². The number of fused-ring (bicyclic) bond motifs is 2. The molecule has 2 aromatic rings. The zero-order valence-electron chi connectivity index (χ0n) is 15.5. The average Bonchev–Trinajstić information content (AvgIpc) is 3.07. The number of carbonyl (C=O) groups is 1. The van der Waals surface area contributed by atoms with Crippen LogP contribution < -0.4 is 10.1 Å². The number of ether oxygens (including phenoxy) is 1. The zero-order valence-corrected chi connectivity index (χ0v) is 16.3. The van der Waals surface area contributed by atoms with E-state index in [4.69, 9.17) is 4.74 Å². The highest BCUT2D eigenvalue weighted by molar-refractivity contribution is 8.15. The van der Waals surface area contributed by atoms with Crippen molar-refractivity contribution in [2.24, 2.45) is 11.0 Å². The first-order valence-corrected chi connectivity index (χ1v) is 10.4. The summed E-state index contributed by atoms with van der Waals surface area (Å²) in [6.45, 7) is 2.01. The Morgan fingerprint density at radius 3 is 2.90 bits per heavy atom. The number of halogens is 2. The number of hydrogen-bond donors (Lipinski definition) is 1. The van der Waals surface area contributed by atoms with Crippen molar-refractivity contribution in [1.29, 1.82) is 0 Å². The molecule has 0 aliphatic carbocycles. The zero-order chi connectivity index (χ0) is 20.0. The smallest absolute Gasteiger partial charge is 0.244 e. The SMILES string of the molecule is O=C(CC1CNC1)N1N=C(c2cc(F)ccc2F)SC12CCOc1ccccc12. The lowest BCUT2D eigenvalue weighted by atomic mass is 9.96. The van der Waals surface area contributed by atoms with Crippen LogP contribution in [0.5, 0.6) is 5.75 Å². The van der Waals surface area contributed by atoms with Crippen molar-refractivity contribution < 1.29 is 18.3 Å². The second-order valence-corrected chi connectivity index (χ2v) is 8.71. The van der Waals surface area contributed by atoms with Gasteiger partial charge in [-0.2, -0.15) is 5.10 Å². The summed E-state index contributed by atoms with van der Waals surface area (Å²) in [6, 6.07) is 10.8. The number of benzene rings is 2. The third-order valence-corrected chi connectivity index (χ3v) is 6.96. The van der Waals surface area contributed by atoms with Crippen molar-refractivity contribution in [2.75, 3.05) is 19.7 Å². The lowest BCUT2D eigenvalue weighted by Gasteiger charge is -2.40. The van der Waals surface area contributed by atoms with E-state index in [0.29, 0.717) is 30.2 Å². The van der Waals surface area contributed by atoms with Crippen LogP contribution in [0.4, 0.5) is 8.78 Å². The molecule has 3 heterocycles. The van der Waals surface area contributed by atoms with Crippen molar-refractivity contribution in [2.45, 2.75) is 17.7 Å². The fraction of sp³-hybridized carbons (Fsp3) is 0.333.